The van der Waals surface area contributed by atoms with Crippen LogP contribution in [0, 0.1) is 0 Å². The second-order valence-electron chi connectivity index (χ2n) is 5.60. The van der Waals surface area contributed by atoms with Gasteiger partial charge in [-0.1, -0.05) is 31.5 Å². The van der Waals surface area contributed by atoms with Crippen LogP contribution in [0.1, 0.15) is 47.7 Å². The van der Waals surface area contributed by atoms with E-state index in [4.69, 9.17) is 0 Å². The molecule has 1 saturated heterocycles. The third kappa shape index (κ3) is 2.33. The smallest absolute Gasteiger partial charge is 0.255 e. The maximum Gasteiger partial charge on any atom is 0.255 e. The summed E-state index contributed by atoms with van der Waals surface area (Å²) in [4.78, 5) is 37.5. The van der Waals surface area contributed by atoms with Gasteiger partial charge in [0.05, 0.1) is 0 Å². The summed E-state index contributed by atoms with van der Waals surface area (Å²) in [5, 5.41) is 2.32. The lowest BCUT2D eigenvalue weighted by atomic mass is 9.99. The Morgan fingerprint density at radius 2 is 2.10 bits per heavy atom. The molecule has 0 aromatic heterocycles. The summed E-state index contributed by atoms with van der Waals surface area (Å²) in [7, 11) is 0. The number of nitrogens with one attached hydrogen (secondary N) is 1. The van der Waals surface area contributed by atoms with Crippen LogP contribution in [-0.4, -0.2) is 28.7 Å². The van der Waals surface area contributed by atoms with Gasteiger partial charge in [0.2, 0.25) is 11.8 Å². The zero-order valence-corrected chi connectivity index (χ0v) is 12.0. The molecule has 1 fully saturated rings. The maximum absolute atomic E-state index is 12.7. The highest BCUT2D eigenvalue weighted by Gasteiger charge is 2.39. The van der Waals surface area contributed by atoms with Gasteiger partial charge in [-0.15, -0.1) is 0 Å². The Morgan fingerprint density at radius 3 is 2.81 bits per heavy atom. The monoisotopic (exact) mass is 286 g/mol. The Kier molecular flexibility index (Phi) is 3.49. The summed E-state index contributed by atoms with van der Waals surface area (Å²) in [6.07, 6.45) is 2.53. The second-order valence-corrected chi connectivity index (χ2v) is 5.60. The van der Waals surface area contributed by atoms with Crippen molar-refractivity contribution in [2.75, 3.05) is 0 Å². The van der Waals surface area contributed by atoms with Crippen LogP contribution in [0.25, 0.3) is 0 Å². The highest BCUT2D eigenvalue weighted by atomic mass is 16.2. The zero-order valence-electron chi connectivity index (χ0n) is 12.0. The Morgan fingerprint density at radius 1 is 1.29 bits per heavy atom. The molecule has 3 amide bonds. The van der Waals surface area contributed by atoms with Gasteiger partial charge in [-0.2, -0.15) is 0 Å². The molecule has 3 rings (SSSR count). The lowest BCUT2D eigenvalue weighted by Gasteiger charge is -2.29. The molecular formula is C16H18N2O3. The van der Waals surface area contributed by atoms with Crippen molar-refractivity contribution in [3.8, 4) is 0 Å². The number of carbonyl (C=O) groups is 3. The van der Waals surface area contributed by atoms with Crippen molar-refractivity contribution in [2.45, 2.75) is 45.2 Å². The summed E-state index contributed by atoms with van der Waals surface area (Å²) < 4.78 is 0. The molecule has 0 saturated carbocycles. The number of imide groups is 1. The third-order valence-electron chi connectivity index (χ3n) is 4.16. The van der Waals surface area contributed by atoms with Crippen LogP contribution in [0.3, 0.4) is 0 Å². The Labute approximate surface area is 123 Å². The van der Waals surface area contributed by atoms with Gasteiger partial charge in [0, 0.05) is 18.5 Å². The highest BCUT2D eigenvalue weighted by molar-refractivity contribution is 6.05. The Bertz CT molecular complexity index is 624. The zero-order chi connectivity index (χ0) is 15.0. The fourth-order valence-corrected chi connectivity index (χ4v) is 3.17. The lowest BCUT2D eigenvalue weighted by molar-refractivity contribution is -0.136. The summed E-state index contributed by atoms with van der Waals surface area (Å²) in [5.41, 5.74) is 2.79. The normalized spacial score (nSPS) is 21.5. The summed E-state index contributed by atoms with van der Waals surface area (Å²) in [6, 6.07) is 5.36. The molecule has 1 unspecified atom stereocenters. The van der Waals surface area contributed by atoms with Crippen LogP contribution in [0.5, 0.6) is 0 Å². The van der Waals surface area contributed by atoms with Gasteiger partial charge < -0.3 is 4.90 Å². The van der Waals surface area contributed by atoms with Gasteiger partial charge in [0.1, 0.15) is 6.04 Å². The fraction of sp³-hybridized carbons (Fsp3) is 0.438. The Hall–Kier alpha value is -2.17. The molecular weight excluding hydrogens is 268 g/mol. The first-order valence-electron chi connectivity index (χ1n) is 7.37. The van der Waals surface area contributed by atoms with E-state index in [-0.39, 0.29) is 17.7 Å². The number of hydrogen-bond donors (Lipinski definition) is 1. The molecule has 5 heteroatoms. The largest absolute Gasteiger partial charge is 0.322 e. The lowest BCUT2D eigenvalue weighted by Crippen LogP contribution is -2.52. The van der Waals surface area contributed by atoms with Gasteiger partial charge in [0.25, 0.3) is 5.91 Å². The van der Waals surface area contributed by atoms with E-state index in [0.717, 1.165) is 29.5 Å². The van der Waals surface area contributed by atoms with Crippen molar-refractivity contribution in [1.29, 1.82) is 0 Å². The van der Waals surface area contributed by atoms with E-state index in [2.05, 4.69) is 12.2 Å². The minimum absolute atomic E-state index is 0.0800. The molecule has 0 bridgehead atoms. The molecule has 1 aromatic rings. The molecule has 1 atom stereocenters. The van der Waals surface area contributed by atoms with Gasteiger partial charge in [-0.3, -0.25) is 19.7 Å². The van der Waals surface area contributed by atoms with Gasteiger partial charge >= 0.3 is 0 Å². The van der Waals surface area contributed by atoms with Crippen LogP contribution in [0.4, 0.5) is 0 Å². The van der Waals surface area contributed by atoms with Crippen LogP contribution in [-0.2, 0) is 22.6 Å². The number of rotatable bonds is 3. The van der Waals surface area contributed by atoms with Crippen molar-refractivity contribution in [1.82, 2.24) is 10.2 Å². The van der Waals surface area contributed by atoms with E-state index < -0.39 is 6.04 Å². The number of nitrogens with zero attached hydrogens (tertiary/aromatic N) is 1. The van der Waals surface area contributed by atoms with E-state index in [1.165, 1.54) is 0 Å². The van der Waals surface area contributed by atoms with E-state index in [1.807, 2.05) is 18.2 Å². The molecule has 110 valence electrons. The molecule has 2 aliphatic rings. The first-order valence-corrected chi connectivity index (χ1v) is 7.37. The number of piperidine rings is 1. The predicted octanol–water partition coefficient (Wildman–Crippen LogP) is 1.40. The van der Waals surface area contributed by atoms with Gasteiger partial charge in [-0.05, 0) is 24.0 Å². The molecule has 2 aliphatic heterocycles. The average Bonchev–Trinajstić information content (AvgIpc) is 2.78. The number of carbonyl (C=O) groups excluding carboxylic acids is 3. The minimum atomic E-state index is -0.530. The van der Waals surface area contributed by atoms with Crippen molar-refractivity contribution in [3.63, 3.8) is 0 Å². The third-order valence-corrected chi connectivity index (χ3v) is 4.16. The maximum atomic E-state index is 12.7. The molecule has 1 aromatic carbocycles. The molecule has 0 radical (unpaired) electrons. The van der Waals surface area contributed by atoms with Crippen LogP contribution < -0.4 is 5.32 Å². The van der Waals surface area contributed by atoms with Crippen molar-refractivity contribution in [2.24, 2.45) is 0 Å². The van der Waals surface area contributed by atoms with Crippen molar-refractivity contribution in [3.05, 3.63) is 34.9 Å². The van der Waals surface area contributed by atoms with Crippen LogP contribution in [0.15, 0.2) is 18.2 Å². The van der Waals surface area contributed by atoms with E-state index in [9.17, 15) is 14.4 Å². The Balaban J connectivity index is 1.88. The summed E-state index contributed by atoms with van der Waals surface area (Å²) in [6.45, 7) is 2.54. The van der Waals surface area contributed by atoms with Gasteiger partial charge in [-0.25, -0.2) is 0 Å². The standard InChI is InChI=1S/C16H18N2O3/c1-2-4-10-5-3-6-11-9-18(16(21)14(10)11)12-7-8-13(19)17-15(12)20/h3,5-6,12H,2,4,7-9H2,1H3,(H,17,19,20). The van der Waals surface area contributed by atoms with E-state index >= 15 is 0 Å². The van der Waals surface area contributed by atoms with Gasteiger partial charge in [0.15, 0.2) is 0 Å². The number of fused-ring (bicyclic) bond motifs is 1. The fourth-order valence-electron chi connectivity index (χ4n) is 3.17. The number of benzene rings is 1. The number of aryl methyl sites for hydroxylation is 1. The molecule has 2 heterocycles. The summed E-state index contributed by atoms with van der Waals surface area (Å²) >= 11 is 0. The molecule has 0 spiro atoms. The first-order chi connectivity index (χ1) is 10.1. The molecule has 5 nitrogen and oxygen atoms in total. The average molecular weight is 286 g/mol. The highest BCUT2D eigenvalue weighted by Crippen LogP contribution is 2.30. The number of hydrogen-bond acceptors (Lipinski definition) is 3. The van der Waals surface area contributed by atoms with Crippen LogP contribution >= 0.6 is 0 Å². The molecule has 0 aliphatic carbocycles. The predicted molar refractivity (Wildman–Crippen MR) is 76.5 cm³/mol. The quantitative estimate of drug-likeness (QED) is 0.854. The number of amides is 3. The molecule has 1 N–H and O–H groups in total. The topological polar surface area (TPSA) is 66.5 Å². The van der Waals surface area contributed by atoms with Crippen molar-refractivity contribution >= 4 is 17.7 Å². The second kappa shape index (κ2) is 5.31. The molecule has 21 heavy (non-hydrogen) atoms. The first kappa shape index (κ1) is 13.8. The van der Waals surface area contributed by atoms with Crippen LogP contribution in [0.2, 0.25) is 0 Å². The van der Waals surface area contributed by atoms with E-state index in [0.29, 0.717) is 19.4 Å². The van der Waals surface area contributed by atoms with Crippen molar-refractivity contribution < 1.29 is 14.4 Å². The minimum Gasteiger partial charge on any atom is -0.322 e. The summed E-state index contributed by atoms with van der Waals surface area (Å²) in [5.74, 6) is -0.694. The van der Waals surface area contributed by atoms with E-state index in [1.54, 1.807) is 4.90 Å². The SMILES string of the molecule is CCCc1cccc2c1C(=O)N(C1CCC(=O)NC1=O)C2.